The predicted octanol–water partition coefficient (Wildman–Crippen LogP) is 3.83. The molecule has 0 saturated carbocycles. The summed E-state index contributed by atoms with van der Waals surface area (Å²) in [4.78, 5) is 4.13. The number of fused-ring (bicyclic) bond motifs is 1. The first-order chi connectivity index (χ1) is 10.4. The van der Waals surface area contributed by atoms with Gasteiger partial charge < -0.3 is 10.1 Å². The van der Waals surface area contributed by atoms with Crippen molar-refractivity contribution in [2.45, 2.75) is 6.54 Å². The largest absolute Gasteiger partial charge is 0.476 e. The number of ether oxygens (including phenoxy) is 1. The van der Waals surface area contributed by atoms with Crippen molar-refractivity contribution in [2.75, 3.05) is 13.2 Å². The van der Waals surface area contributed by atoms with E-state index in [1.54, 1.807) is 6.20 Å². The first-order valence-electron chi connectivity index (χ1n) is 7.15. The van der Waals surface area contributed by atoms with E-state index in [1.165, 1.54) is 16.3 Å². The van der Waals surface area contributed by atoms with Gasteiger partial charge in [-0.3, -0.25) is 0 Å². The molecule has 0 aliphatic heterocycles. The van der Waals surface area contributed by atoms with Gasteiger partial charge in [-0.1, -0.05) is 48.5 Å². The van der Waals surface area contributed by atoms with E-state index in [1.807, 2.05) is 18.2 Å². The Morgan fingerprint density at radius 1 is 0.909 bits per heavy atom. The van der Waals surface area contributed by atoms with Gasteiger partial charge in [-0.2, -0.15) is 0 Å². The maximum Gasteiger partial charge on any atom is 0.213 e. The van der Waals surface area contributed by atoms with E-state index in [9.17, 15) is 0 Å². The van der Waals surface area contributed by atoms with Crippen LogP contribution in [0.1, 0.15) is 5.56 Å². The molecule has 3 rings (SSSR count). The summed E-state index contributed by atoms with van der Waals surface area (Å²) < 4.78 is 5.56. The molecule has 3 nitrogen and oxygen atoms in total. The summed E-state index contributed by atoms with van der Waals surface area (Å²) in [6.07, 6.45) is 1.73. The fourth-order valence-electron chi connectivity index (χ4n) is 2.33. The summed E-state index contributed by atoms with van der Waals surface area (Å²) in [5.41, 5.74) is 1.31. The molecule has 22 heavy (non-hydrogen) atoms. The van der Waals surface area contributed by atoms with Crippen LogP contribution in [0.15, 0.2) is 66.9 Å². The number of rotatable bonds is 6. The van der Waals surface area contributed by atoms with Gasteiger partial charge in [0.05, 0.1) is 0 Å². The molecule has 1 aromatic heterocycles. The molecule has 0 unspecified atom stereocenters. The third-order valence-electron chi connectivity index (χ3n) is 3.36. The highest BCUT2D eigenvalue weighted by molar-refractivity contribution is 5.85. The van der Waals surface area contributed by atoms with Crippen LogP contribution < -0.4 is 10.1 Å². The fraction of sp³-hybridized carbons (Fsp3) is 0.167. The minimum absolute atomic E-state index is 0. The van der Waals surface area contributed by atoms with Crippen molar-refractivity contribution in [1.29, 1.82) is 0 Å². The molecule has 0 amide bonds. The summed E-state index contributed by atoms with van der Waals surface area (Å²) in [5, 5.41) is 5.99. The summed E-state index contributed by atoms with van der Waals surface area (Å²) in [7, 11) is 0. The molecule has 2 aromatic carbocycles. The van der Waals surface area contributed by atoms with Gasteiger partial charge in [0.1, 0.15) is 6.61 Å². The van der Waals surface area contributed by atoms with E-state index < -0.39 is 0 Å². The molecule has 0 atom stereocenters. The number of pyridine rings is 1. The van der Waals surface area contributed by atoms with Crippen molar-refractivity contribution < 1.29 is 4.74 Å². The number of hydrogen-bond acceptors (Lipinski definition) is 3. The Labute approximate surface area is 136 Å². The second-order valence-corrected chi connectivity index (χ2v) is 4.83. The maximum absolute atomic E-state index is 5.56. The third-order valence-corrected chi connectivity index (χ3v) is 3.36. The van der Waals surface area contributed by atoms with Gasteiger partial charge in [-0.15, -0.1) is 12.4 Å². The first-order valence-corrected chi connectivity index (χ1v) is 7.15. The summed E-state index contributed by atoms with van der Waals surface area (Å²) in [5.74, 6) is 0.671. The molecule has 4 heteroatoms. The quantitative estimate of drug-likeness (QED) is 0.702. The average molecular weight is 315 g/mol. The smallest absolute Gasteiger partial charge is 0.213 e. The number of halogens is 1. The SMILES string of the molecule is Cl.c1ccc(OCCNCc2cccc3ccccc23)nc1. The molecular formula is C18H19ClN2O. The van der Waals surface area contributed by atoms with E-state index in [0.29, 0.717) is 12.5 Å². The molecule has 0 fully saturated rings. The van der Waals surface area contributed by atoms with Gasteiger partial charge in [0.2, 0.25) is 5.88 Å². The Balaban J connectivity index is 0.00000176. The van der Waals surface area contributed by atoms with E-state index >= 15 is 0 Å². The van der Waals surface area contributed by atoms with Gasteiger partial charge in [0.15, 0.2) is 0 Å². The van der Waals surface area contributed by atoms with Crippen LogP contribution in [-0.2, 0) is 6.54 Å². The Morgan fingerprint density at radius 2 is 1.73 bits per heavy atom. The van der Waals surface area contributed by atoms with Gasteiger partial charge in [0.25, 0.3) is 0 Å². The van der Waals surface area contributed by atoms with Crippen molar-refractivity contribution in [3.8, 4) is 5.88 Å². The molecule has 0 aliphatic carbocycles. The normalized spacial score (nSPS) is 10.2. The number of benzene rings is 2. The molecule has 0 spiro atoms. The van der Waals surface area contributed by atoms with Crippen LogP contribution in [0.4, 0.5) is 0 Å². The number of aromatic nitrogens is 1. The van der Waals surface area contributed by atoms with E-state index in [-0.39, 0.29) is 12.4 Å². The van der Waals surface area contributed by atoms with Crippen molar-refractivity contribution >= 4 is 23.2 Å². The van der Waals surface area contributed by atoms with Crippen LogP contribution >= 0.6 is 12.4 Å². The molecule has 1 N–H and O–H groups in total. The second-order valence-electron chi connectivity index (χ2n) is 4.83. The zero-order valence-corrected chi connectivity index (χ0v) is 13.1. The van der Waals surface area contributed by atoms with Crippen LogP contribution in [0.25, 0.3) is 10.8 Å². The highest BCUT2D eigenvalue weighted by Crippen LogP contribution is 2.18. The van der Waals surface area contributed by atoms with Crippen LogP contribution in [0, 0.1) is 0 Å². The van der Waals surface area contributed by atoms with Gasteiger partial charge in [-0.25, -0.2) is 4.98 Å². The van der Waals surface area contributed by atoms with Crippen LogP contribution in [0.2, 0.25) is 0 Å². The topological polar surface area (TPSA) is 34.1 Å². The summed E-state index contributed by atoms with van der Waals surface area (Å²) >= 11 is 0. The zero-order chi connectivity index (χ0) is 14.3. The van der Waals surface area contributed by atoms with E-state index in [4.69, 9.17) is 4.74 Å². The molecule has 3 aromatic rings. The van der Waals surface area contributed by atoms with E-state index in [0.717, 1.165) is 13.1 Å². The monoisotopic (exact) mass is 314 g/mol. The van der Waals surface area contributed by atoms with Gasteiger partial charge >= 0.3 is 0 Å². The number of hydrogen-bond donors (Lipinski definition) is 1. The molecular weight excluding hydrogens is 296 g/mol. The molecule has 1 heterocycles. The van der Waals surface area contributed by atoms with Crippen molar-refractivity contribution in [2.24, 2.45) is 0 Å². The van der Waals surface area contributed by atoms with Crippen LogP contribution in [0.5, 0.6) is 5.88 Å². The Morgan fingerprint density at radius 3 is 2.59 bits per heavy atom. The maximum atomic E-state index is 5.56. The third kappa shape index (κ3) is 4.20. The molecule has 0 aliphatic rings. The van der Waals surface area contributed by atoms with Gasteiger partial charge in [-0.05, 0) is 22.4 Å². The highest BCUT2D eigenvalue weighted by Gasteiger charge is 1.99. The van der Waals surface area contributed by atoms with Crippen molar-refractivity contribution in [1.82, 2.24) is 10.3 Å². The highest BCUT2D eigenvalue weighted by atomic mass is 35.5. The standard InChI is InChI=1S/C18H18N2O.ClH/c1-2-9-17-15(6-1)7-5-8-16(17)14-19-12-13-21-18-10-3-4-11-20-18;/h1-11,19H,12-14H2;1H. The predicted molar refractivity (Wildman–Crippen MR) is 92.6 cm³/mol. The van der Waals surface area contributed by atoms with Crippen molar-refractivity contribution in [3.63, 3.8) is 0 Å². The summed E-state index contributed by atoms with van der Waals surface area (Å²) in [6.45, 7) is 2.24. The molecule has 114 valence electrons. The van der Waals surface area contributed by atoms with Crippen molar-refractivity contribution in [3.05, 3.63) is 72.4 Å². The Hall–Kier alpha value is -2.10. The molecule has 0 bridgehead atoms. The molecule has 0 saturated heterocycles. The zero-order valence-electron chi connectivity index (χ0n) is 12.2. The summed E-state index contributed by atoms with van der Waals surface area (Å²) in [6, 6.07) is 20.5. The lowest BCUT2D eigenvalue weighted by molar-refractivity contribution is 0.302. The lowest BCUT2D eigenvalue weighted by atomic mass is 10.0. The average Bonchev–Trinajstić information content (AvgIpc) is 2.56. The second kappa shape index (κ2) is 8.37. The first kappa shape index (κ1) is 16.3. The fourth-order valence-corrected chi connectivity index (χ4v) is 2.33. The van der Waals surface area contributed by atoms with E-state index in [2.05, 4.69) is 52.8 Å². The lowest BCUT2D eigenvalue weighted by Gasteiger charge is -2.09. The van der Waals surface area contributed by atoms with Gasteiger partial charge in [0, 0.05) is 25.4 Å². The number of nitrogens with zero attached hydrogens (tertiary/aromatic N) is 1. The number of nitrogens with one attached hydrogen (secondary N) is 1. The van der Waals surface area contributed by atoms with Crippen LogP contribution in [0.3, 0.4) is 0 Å². The Bertz CT molecular complexity index is 698. The minimum Gasteiger partial charge on any atom is -0.476 e. The molecule has 0 radical (unpaired) electrons. The minimum atomic E-state index is 0. The van der Waals surface area contributed by atoms with Crippen LogP contribution in [-0.4, -0.2) is 18.1 Å². The Kier molecular flexibility index (Phi) is 6.19. The lowest BCUT2D eigenvalue weighted by Crippen LogP contribution is -2.20.